The molecule has 2 rings (SSSR count). The van der Waals surface area contributed by atoms with Gasteiger partial charge in [0.25, 0.3) is 0 Å². The van der Waals surface area contributed by atoms with Crippen molar-refractivity contribution in [2.45, 2.75) is 38.6 Å². The summed E-state index contributed by atoms with van der Waals surface area (Å²) in [5.41, 5.74) is 2.06. The third-order valence-electron chi connectivity index (χ3n) is 3.62. The molecule has 0 aliphatic rings. The number of rotatable bonds is 8. The number of aromatic nitrogens is 1. The van der Waals surface area contributed by atoms with Gasteiger partial charge in [0.15, 0.2) is 0 Å². The number of hydrogen-bond acceptors (Lipinski definition) is 2. The molecule has 1 N–H and O–H groups in total. The Morgan fingerprint density at radius 1 is 1.19 bits per heavy atom. The molecule has 2 nitrogen and oxygen atoms in total. The second kappa shape index (κ2) is 8.53. The summed E-state index contributed by atoms with van der Waals surface area (Å²) in [6.45, 7) is 3.02. The quantitative estimate of drug-likeness (QED) is 0.783. The van der Waals surface area contributed by atoms with Crippen LogP contribution in [0.3, 0.4) is 0 Å². The van der Waals surface area contributed by atoms with Crippen LogP contribution in [0.2, 0.25) is 0 Å². The van der Waals surface area contributed by atoms with Gasteiger partial charge in [-0.3, -0.25) is 4.98 Å². The Kier molecular flexibility index (Phi) is 6.35. The molecule has 0 bridgehead atoms. The molecule has 21 heavy (non-hydrogen) atoms. The number of nitrogens with zero attached hydrogens (tertiary/aromatic N) is 1. The van der Waals surface area contributed by atoms with Gasteiger partial charge in [-0.05, 0) is 43.9 Å². The summed E-state index contributed by atoms with van der Waals surface area (Å²) in [7, 11) is 0. The van der Waals surface area contributed by atoms with Crippen molar-refractivity contribution < 1.29 is 4.39 Å². The second-order valence-corrected chi connectivity index (χ2v) is 5.28. The topological polar surface area (TPSA) is 24.9 Å². The zero-order valence-corrected chi connectivity index (χ0v) is 12.6. The molecule has 0 saturated carbocycles. The largest absolute Gasteiger partial charge is 0.310 e. The van der Waals surface area contributed by atoms with Crippen LogP contribution in [0.5, 0.6) is 0 Å². The van der Waals surface area contributed by atoms with E-state index in [2.05, 4.69) is 41.5 Å². The van der Waals surface area contributed by atoms with Crippen molar-refractivity contribution in [1.29, 1.82) is 0 Å². The first-order valence-electron chi connectivity index (χ1n) is 7.68. The van der Waals surface area contributed by atoms with E-state index >= 15 is 0 Å². The van der Waals surface area contributed by atoms with E-state index in [4.69, 9.17) is 0 Å². The fourth-order valence-electron chi connectivity index (χ4n) is 2.51. The molecule has 112 valence electrons. The lowest BCUT2D eigenvalue weighted by molar-refractivity contribution is 0.460. The Morgan fingerprint density at radius 3 is 2.71 bits per heavy atom. The summed E-state index contributed by atoms with van der Waals surface area (Å²) in [6.07, 6.45) is 6.99. The molecule has 0 saturated heterocycles. The van der Waals surface area contributed by atoms with E-state index in [-0.39, 0.29) is 11.9 Å². The zero-order valence-electron chi connectivity index (χ0n) is 12.6. The summed E-state index contributed by atoms with van der Waals surface area (Å²) in [4.78, 5) is 3.83. The fraction of sp³-hybridized carbons (Fsp3) is 0.389. The lowest BCUT2D eigenvalue weighted by atomic mass is 9.99. The molecule has 1 atom stereocenters. The maximum absolute atomic E-state index is 13.9. The Balaban J connectivity index is 1.95. The zero-order chi connectivity index (χ0) is 14.9. The Morgan fingerprint density at radius 2 is 2.00 bits per heavy atom. The summed E-state index contributed by atoms with van der Waals surface area (Å²) < 4.78 is 13.9. The van der Waals surface area contributed by atoms with Crippen molar-refractivity contribution in [3.63, 3.8) is 0 Å². The van der Waals surface area contributed by atoms with Gasteiger partial charge in [-0.2, -0.15) is 0 Å². The monoisotopic (exact) mass is 286 g/mol. The number of nitrogens with one attached hydrogen (secondary N) is 1. The van der Waals surface area contributed by atoms with Gasteiger partial charge >= 0.3 is 0 Å². The average molecular weight is 286 g/mol. The first-order valence-corrected chi connectivity index (χ1v) is 7.68. The first-order chi connectivity index (χ1) is 10.3. The molecule has 0 radical (unpaired) electrons. The molecule has 1 heterocycles. The predicted octanol–water partition coefficient (Wildman–Crippen LogP) is 4.28. The van der Waals surface area contributed by atoms with Crippen LogP contribution < -0.4 is 5.32 Å². The second-order valence-electron chi connectivity index (χ2n) is 5.28. The van der Waals surface area contributed by atoms with Crippen LogP contribution in [-0.4, -0.2) is 11.5 Å². The third kappa shape index (κ3) is 4.94. The Labute approximate surface area is 126 Å². The van der Waals surface area contributed by atoms with Crippen LogP contribution in [0.25, 0.3) is 0 Å². The van der Waals surface area contributed by atoms with Gasteiger partial charge in [-0.25, -0.2) is 4.39 Å². The first kappa shape index (κ1) is 15.6. The number of aryl methyl sites for hydroxylation is 1. The van der Waals surface area contributed by atoms with Gasteiger partial charge in [0.05, 0.1) is 6.20 Å². The van der Waals surface area contributed by atoms with Gasteiger partial charge in [0.1, 0.15) is 5.82 Å². The van der Waals surface area contributed by atoms with Gasteiger partial charge in [0.2, 0.25) is 0 Å². The molecule has 0 spiro atoms. The van der Waals surface area contributed by atoms with E-state index in [1.807, 2.05) is 6.07 Å². The fourth-order valence-corrected chi connectivity index (χ4v) is 2.51. The highest BCUT2D eigenvalue weighted by molar-refractivity contribution is 5.18. The van der Waals surface area contributed by atoms with Crippen LogP contribution in [0, 0.1) is 5.82 Å². The number of halogens is 1. The van der Waals surface area contributed by atoms with E-state index in [0.717, 1.165) is 37.8 Å². The van der Waals surface area contributed by atoms with Crippen LogP contribution in [-0.2, 0) is 6.42 Å². The minimum absolute atomic E-state index is 0.0664. The van der Waals surface area contributed by atoms with E-state index in [1.54, 1.807) is 12.3 Å². The van der Waals surface area contributed by atoms with Crippen molar-refractivity contribution in [2.24, 2.45) is 0 Å². The van der Waals surface area contributed by atoms with Gasteiger partial charge in [-0.1, -0.05) is 37.3 Å². The van der Waals surface area contributed by atoms with Crippen molar-refractivity contribution in [3.8, 4) is 0 Å². The smallest absolute Gasteiger partial charge is 0.146 e. The van der Waals surface area contributed by atoms with Crippen LogP contribution in [0.1, 0.15) is 43.4 Å². The van der Waals surface area contributed by atoms with Crippen LogP contribution in [0.4, 0.5) is 4.39 Å². The standard InChI is InChI=1S/C18H23FN2/c1-2-12-21-18(16-11-13-20-14-17(16)19)10-6-9-15-7-4-3-5-8-15/h3-5,7-8,11,13-14,18,21H,2,6,9-10,12H2,1H3. The van der Waals surface area contributed by atoms with E-state index in [0.29, 0.717) is 0 Å². The molecule has 1 aromatic carbocycles. The summed E-state index contributed by atoms with van der Waals surface area (Å²) in [5.74, 6) is -0.217. The Hall–Kier alpha value is -1.74. The molecule has 0 fully saturated rings. The van der Waals surface area contributed by atoms with Crippen molar-refractivity contribution >= 4 is 0 Å². The number of benzene rings is 1. The highest BCUT2D eigenvalue weighted by Gasteiger charge is 2.14. The minimum atomic E-state index is -0.217. The van der Waals surface area contributed by atoms with Crippen molar-refractivity contribution in [3.05, 3.63) is 65.7 Å². The normalized spacial score (nSPS) is 12.3. The average Bonchev–Trinajstić information content (AvgIpc) is 2.52. The van der Waals surface area contributed by atoms with Gasteiger partial charge in [-0.15, -0.1) is 0 Å². The van der Waals surface area contributed by atoms with Gasteiger partial charge < -0.3 is 5.32 Å². The predicted molar refractivity (Wildman–Crippen MR) is 84.6 cm³/mol. The number of pyridine rings is 1. The third-order valence-corrected chi connectivity index (χ3v) is 3.62. The summed E-state index contributed by atoms with van der Waals surface area (Å²) in [5, 5.41) is 3.45. The van der Waals surface area contributed by atoms with E-state index < -0.39 is 0 Å². The minimum Gasteiger partial charge on any atom is -0.310 e. The summed E-state index contributed by atoms with van der Waals surface area (Å²) >= 11 is 0. The SMILES string of the molecule is CCCNC(CCCc1ccccc1)c1ccncc1F. The summed E-state index contributed by atoms with van der Waals surface area (Å²) in [6, 6.07) is 12.3. The molecule has 0 aliphatic heterocycles. The molecule has 2 aromatic rings. The van der Waals surface area contributed by atoms with Crippen LogP contribution >= 0.6 is 0 Å². The van der Waals surface area contributed by atoms with Gasteiger partial charge in [0, 0.05) is 17.8 Å². The molecule has 0 aliphatic carbocycles. The molecule has 0 amide bonds. The number of hydrogen-bond donors (Lipinski definition) is 1. The molecule has 1 aromatic heterocycles. The maximum Gasteiger partial charge on any atom is 0.146 e. The molecular weight excluding hydrogens is 263 g/mol. The van der Waals surface area contributed by atoms with Crippen molar-refractivity contribution in [1.82, 2.24) is 10.3 Å². The lowest BCUT2D eigenvalue weighted by Crippen LogP contribution is -2.23. The van der Waals surface area contributed by atoms with Crippen LogP contribution in [0.15, 0.2) is 48.8 Å². The van der Waals surface area contributed by atoms with E-state index in [9.17, 15) is 4.39 Å². The molecule has 3 heteroatoms. The lowest BCUT2D eigenvalue weighted by Gasteiger charge is -2.19. The van der Waals surface area contributed by atoms with Crippen molar-refractivity contribution in [2.75, 3.05) is 6.54 Å². The molecular formula is C18H23FN2. The Bertz CT molecular complexity index is 528. The van der Waals surface area contributed by atoms with E-state index in [1.165, 1.54) is 11.8 Å². The highest BCUT2D eigenvalue weighted by atomic mass is 19.1. The maximum atomic E-state index is 13.9. The molecule has 1 unspecified atom stereocenters. The highest BCUT2D eigenvalue weighted by Crippen LogP contribution is 2.22.